The highest BCUT2D eigenvalue weighted by molar-refractivity contribution is 7.13. The topological polar surface area (TPSA) is 73.9 Å². The molecule has 1 fully saturated rings. The number of H-pyrrole nitrogens is 1. The van der Waals surface area contributed by atoms with E-state index in [9.17, 15) is 4.79 Å². The van der Waals surface area contributed by atoms with E-state index in [4.69, 9.17) is 0 Å². The average molecular weight is 305 g/mol. The Morgan fingerprint density at radius 1 is 1.57 bits per heavy atom. The zero-order chi connectivity index (χ0) is 14.7. The number of aromatic amines is 1. The summed E-state index contributed by atoms with van der Waals surface area (Å²) in [4.78, 5) is 25.6. The van der Waals surface area contributed by atoms with Crippen LogP contribution in [0, 0.1) is 0 Å². The molecule has 0 bridgehead atoms. The van der Waals surface area contributed by atoms with Crippen LogP contribution in [0.2, 0.25) is 0 Å². The lowest BCUT2D eigenvalue weighted by molar-refractivity contribution is -0.114. The molecule has 21 heavy (non-hydrogen) atoms. The second kappa shape index (κ2) is 6.36. The third-order valence-electron chi connectivity index (χ3n) is 3.65. The Morgan fingerprint density at radius 3 is 3.24 bits per heavy atom. The molecule has 0 spiro atoms. The van der Waals surface area contributed by atoms with Crippen molar-refractivity contribution in [3.05, 3.63) is 29.3 Å². The van der Waals surface area contributed by atoms with Gasteiger partial charge in [0, 0.05) is 31.2 Å². The van der Waals surface area contributed by atoms with Crippen molar-refractivity contribution in [3.63, 3.8) is 0 Å². The fourth-order valence-electron chi connectivity index (χ4n) is 2.75. The molecule has 112 valence electrons. The van der Waals surface area contributed by atoms with Crippen molar-refractivity contribution in [1.29, 1.82) is 0 Å². The number of thiazole rings is 1. The number of nitrogens with zero attached hydrogens (tertiary/aromatic N) is 3. The molecule has 0 aromatic carbocycles. The fourth-order valence-corrected chi connectivity index (χ4v) is 3.49. The number of carbonyl (C=O) groups excluding carboxylic acids is 1. The Balaban J connectivity index is 1.69. The standard InChI is InChI=1S/C14H19N5OS/c1-10(20)17-14-18-11(9-21-14)8-19-7-3-2-4-12(19)13-15-5-6-16-13/h5-6,9,12H,2-4,7-8H2,1H3,(H,15,16)(H,17,18,20)/t12-/m1/s1. The Bertz CT molecular complexity index is 594. The van der Waals surface area contributed by atoms with Crippen LogP contribution in [0.1, 0.15) is 43.7 Å². The lowest BCUT2D eigenvalue weighted by atomic mass is 10.0. The maximum Gasteiger partial charge on any atom is 0.223 e. The number of hydrogen-bond donors (Lipinski definition) is 2. The molecule has 3 rings (SSSR count). The molecule has 0 aliphatic carbocycles. The van der Waals surface area contributed by atoms with Gasteiger partial charge >= 0.3 is 0 Å². The van der Waals surface area contributed by atoms with Gasteiger partial charge in [-0.25, -0.2) is 9.97 Å². The number of anilines is 1. The number of hydrogen-bond acceptors (Lipinski definition) is 5. The maximum absolute atomic E-state index is 11.1. The molecule has 1 aliphatic rings. The van der Waals surface area contributed by atoms with E-state index in [0.29, 0.717) is 11.2 Å². The lowest BCUT2D eigenvalue weighted by Crippen LogP contribution is -2.33. The molecule has 2 aromatic rings. The predicted molar refractivity (Wildman–Crippen MR) is 82.0 cm³/mol. The van der Waals surface area contributed by atoms with Gasteiger partial charge in [0.2, 0.25) is 5.91 Å². The number of carbonyl (C=O) groups is 1. The molecule has 1 aliphatic heterocycles. The van der Waals surface area contributed by atoms with Gasteiger partial charge in [-0.2, -0.15) is 0 Å². The molecule has 1 saturated heterocycles. The molecule has 1 amide bonds. The number of nitrogens with one attached hydrogen (secondary N) is 2. The summed E-state index contributed by atoms with van der Waals surface area (Å²) >= 11 is 1.47. The van der Waals surface area contributed by atoms with Crippen molar-refractivity contribution in [1.82, 2.24) is 19.9 Å². The number of aromatic nitrogens is 3. The van der Waals surface area contributed by atoms with Crippen LogP contribution in [-0.4, -0.2) is 32.3 Å². The highest BCUT2D eigenvalue weighted by Crippen LogP contribution is 2.30. The first-order valence-electron chi connectivity index (χ1n) is 7.17. The third kappa shape index (κ3) is 3.48. The van der Waals surface area contributed by atoms with Gasteiger partial charge in [0.05, 0.1) is 11.7 Å². The van der Waals surface area contributed by atoms with Gasteiger partial charge in [-0.15, -0.1) is 11.3 Å². The summed E-state index contributed by atoms with van der Waals surface area (Å²) in [6.45, 7) is 3.35. The Labute approximate surface area is 127 Å². The van der Waals surface area contributed by atoms with Crippen LogP contribution in [0.4, 0.5) is 5.13 Å². The number of rotatable bonds is 4. The second-order valence-electron chi connectivity index (χ2n) is 5.28. The maximum atomic E-state index is 11.1. The molecular weight excluding hydrogens is 286 g/mol. The van der Waals surface area contributed by atoms with Crippen LogP contribution >= 0.6 is 11.3 Å². The van der Waals surface area contributed by atoms with Crippen LogP contribution in [0.25, 0.3) is 0 Å². The Hall–Kier alpha value is -1.73. The van der Waals surface area contributed by atoms with Crippen molar-refractivity contribution >= 4 is 22.4 Å². The monoisotopic (exact) mass is 305 g/mol. The first-order chi connectivity index (χ1) is 10.2. The SMILES string of the molecule is CC(=O)Nc1nc(CN2CCCC[C@@H]2c2ncc[nH]2)cs1. The van der Waals surface area contributed by atoms with E-state index in [1.807, 2.05) is 11.6 Å². The largest absolute Gasteiger partial charge is 0.347 e. The zero-order valence-electron chi connectivity index (χ0n) is 12.0. The molecule has 2 N–H and O–H groups in total. The minimum atomic E-state index is -0.0812. The van der Waals surface area contributed by atoms with Gasteiger partial charge in [0.1, 0.15) is 5.82 Å². The van der Waals surface area contributed by atoms with Crippen LogP contribution in [0.3, 0.4) is 0 Å². The van der Waals surface area contributed by atoms with Gasteiger partial charge in [-0.3, -0.25) is 9.69 Å². The number of amides is 1. The van der Waals surface area contributed by atoms with Gasteiger partial charge in [-0.1, -0.05) is 6.42 Å². The van der Waals surface area contributed by atoms with Crippen molar-refractivity contribution in [2.45, 2.75) is 38.8 Å². The van der Waals surface area contributed by atoms with Crippen molar-refractivity contribution < 1.29 is 4.79 Å². The smallest absolute Gasteiger partial charge is 0.223 e. The van der Waals surface area contributed by atoms with Gasteiger partial charge in [0.15, 0.2) is 5.13 Å². The fraction of sp³-hybridized carbons (Fsp3) is 0.500. The Kier molecular flexibility index (Phi) is 4.31. The quantitative estimate of drug-likeness (QED) is 0.910. The van der Waals surface area contributed by atoms with Gasteiger partial charge in [-0.05, 0) is 19.4 Å². The van der Waals surface area contributed by atoms with E-state index in [0.717, 1.165) is 31.0 Å². The third-order valence-corrected chi connectivity index (χ3v) is 4.46. The molecule has 0 unspecified atom stereocenters. The normalized spacial score (nSPS) is 19.6. The van der Waals surface area contributed by atoms with Crippen LogP contribution in [0.15, 0.2) is 17.8 Å². The molecule has 7 heteroatoms. The first-order valence-corrected chi connectivity index (χ1v) is 8.05. The van der Waals surface area contributed by atoms with E-state index in [2.05, 4.69) is 25.2 Å². The molecule has 6 nitrogen and oxygen atoms in total. The molecule has 2 aromatic heterocycles. The van der Waals surface area contributed by atoms with E-state index in [1.165, 1.54) is 31.1 Å². The molecule has 0 radical (unpaired) electrons. The van der Waals surface area contributed by atoms with Crippen LogP contribution < -0.4 is 5.32 Å². The summed E-state index contributed by atoms with van der Waals surface area (Å²) in [5, 5.41) is 5.42. The number of piperidine rings is 1. The first kappa shape index (κ1) is 14.2. The van der Waals surface area contributed by atoms with Crippen LogP contribution in [-0.2, 0) is 11.3 Å². The Morgan fingerprint density at radius 2 is 2.48 bits per heavy atom. The van der Waals surface area contributed by atoms with E-state index in [-0.39, 0.29) is 5.91 Å². The lowest BCUT2D eigenvalue weighted by Gasteiger charge is -2.33. The van der Waals surface area contributed by atoms with Gasteiger partial charge in [0.25, 0.3) is 0 Å². The molecule has 0 saturated carbocycles. The number of imidazole rings is 1. The average Bonchev–Trinajstić information content (AvgIpc) is 3.11. The van der Waals surface area contributed by atoms with Crippen molar-refractivity contribution in [2.75, 3.05) is 11.9 Å². The molecule has 3 heterocycles. The van der Waals surface area contributed by atoms with Crippen molar-refractivity contribution in [2.24, 2.45) is 0 Å². The van der Waals surface area contributed by atoms with Crippen molar-refractivity contribution in [3.8, 4) is 0 Å². The predicted octanol–water partition coefficient (Wildman–Crippen LogP) is 2.55. The van der Waals surface area contributed by atoms with Crippen LogP contribution in [0.5, 0.6) is 0 Å². The minimum absolute atomic E-state index is 0.0812. The summed E-state index contributed by atoms with van der Waals surface area (Å²) in [5.74, 6) is 0.953. The summed E-state index contributed by atoms with van der Waals surface area (Å²) in [7, 11) is 0. The molecular formula is C14H19N5OS. The number of likely N-dealkylation sites (tertiary alicyclic amines) is 1. The summed E-state index contributed by atoms with van der Waals surface area (Å²) in [6.07, 6.45) is 7.24. The zero-order valence-corrected chi connectivity index (χ0v) is 12.8. The summed E-state index contributed by atoms with van der Waals surface area (Å²) in [6, 6.07) is 0.333. The summed E-state index contributed by atoms with van der Waals surface area (Å²) < 4.78 is 0. The minimum Gasteiger partial charge on any atom is -0.347 e. The summed E-state index contributed by atoms with van der Waals surface area (Å²) in [5.41, 5.74) is 1.00. The highest BCUT2D eigenvalue weighted by Gasteiger charge is 2.26. The van der Waals surface area contributed by atoms with Gasteiger partial charge < -0.3 is 10.3 Å². The van der Waals surface area contributed by atoms with E-state index >= 15 is 0 Å². The van der Waals surface area contributed by atoms with E-state index in [1.54, 1.807) is 6.20 Å². The molecule has 1 atom stereocenters. The second-order valence-corrected chi connectivity index (χ2v) is 6.14. The highest BCUT2D eigenvalue weighted by atomic mass is 32.1. The van der Waals surface area contributed by atoms with E-state index < -0.39 is 0 Å².